The Morgan fingerprint density at radius 2 is 0.556 bits per heavy atom. The summed E-state index contributed by atoms with van der Waals surface area (Å²) in [4.78, 5) is -0.370. The van der Waals surface area contributed by atoms with E-state index in [1.165, 1.54) is 177 Å². The van der Waals surface area contributed by atoms with Gasteiger partial charge in [-0.3, -0.25) is 0 Å². The van der Waals surface area contributed by atoms with E-state index in [-0.39, 0.29) is 47.5 Å². The Morgan fingerprint density at radius 1 is 0.378 bits per heavy atom. The maximum atomic E-state index is 10.3. The van der Waals surface area contributed by atoms with Crippen molar-refractivity contribution in [2.24, 2.45) is 0 Å². The molecule has 256 valence electrons. The van der Waals surface area contributed by atoms with Gasteiger partial charge in [-0.1, -0.05) is 193 Å². The minimum absolute atomic E-state index is 0. The van der Waals surface area contributed by atoms with Crippen molar-refractivity contribution in [2.75, 3.05) is 0 Å². The second-order valence-electron chi connectivity index (χ2n) is 11.2. The molecule has 0 amide bonds. The van der Waals surface area contributed by atoms with E-state index in [0.29, 0.717) is 0 Å². The van der Waals surface area contributed by atoms with Gasteiger partial charge < -0.3 is 9.11 Å². The van der Waals surface area contributed by atoms with Crippen molar-refractivity contribution in [3.8, 4) is 0 Å². The quantitative estimate of drug-likeness (QED) is 0.0774. The molecule has 0 aromatic heterocycles. The summed E-state index contributed by atoms with van der Waals surface area (Å²) in [6, 6.07) is 14.4. The van der Waals surface area contributed by atoms with Crippen LogP contribution in [0.2, 0.25) is 0 Å². The van der Waals surface area contributed by atoms with E-state index >= 15 is 0 Å². The van der Waals surface area contributed by atoms with Crippen LogP contribution in [0.25, 0.3) is 0 Å². The van der Waals surface area contributed by atoms with Crippen molar-refractivity contribution in [2.45, 2.75) is 166 Å². The molecule has 0 atom stereocenters. The van der Waals surface area contributed by atoms with E-state index < -0.39 is 20.2 Å². The van der Waals surface area contributed by atoms with Gasteiger partial charge in [0.2, 0.25) is 0 Å². The second-order valence-corrected chi connectivity index (χ2v) is 14.0. The third kappa shape index (κ3) is 36.2. The normalized spacial score (nSPS) is 10.6. The molecule has 0 heterocycles. The van der Waals surface area contributed by atoms with E-state index in [4.69, 9.17) is 0 Å². The van der Waals surface area contributed by atoms with Gasteiger partial charge in [-0.05, 0) is 24.3 Å². The van der Waals surface area contributed by atoms with Gasteiger partial charge in [0.05, 0.1) is 9.79 Å². The Labute approximate surface area is 308 Å². The second kappa shape index (κ2) is 34.8. The van der Waals surface area contributed by atoms with Gasteiger partial charge in [-0.25, -0.2) is 16.8 Å². The molecule has 2 rings (SSSR count). The molecule has 0 saturated carbocycles. The van der Waals surface area contributed by atoms with Crippen molar-refractivity contribution < 1.29 is 25.9 Å². The topological polar surface area (TPSA) is 114 Å². The van der Waals surface area contributed by atoms with E-state index in [0.717, 1.165) is 0 Å². The Morgan fingerprint density at radius 3 is 0.689 bits per heavy atom. The summed E-state index contributed by atoms with van der Waals surface area (Å²) < 4.78 is 61.7. The minimum Gasteiger partial charge on any atom is -0.744 e. The molecule has 0 aliphatic rings. The zero-order valence-corrected chi connectivity index (χ0v) is 32.7. The van der Waals surface area contributed by atoms with Gasteiger partial charge in [-0.15, -0.1) is 0 Å². The third-order valence-electron chi connectivity index (χ3n) is 6.98. The number of hydrogen-bond acceptors (Lipinski definition) is 6. The standard InChI is InChI=1S/2C12H26.2C6H6O3S.Ca/c2*1-3-5-7-9-11-12-10-8-6-4-2;2*7-10(8,9)6-4-2-1-3-5-6;/h2*3-12H2,1-2H3;2*1-5H,(H,7,8,9);/q;;;;+2/p-2. The van der Waals surface area contributed by atoms with Gasteiger partial charge in [-0.2, -0.15) is 0 Å². The fourth-order valence-corrected chi connectivity index (χ4v) is 5.28. The van der Waals surface area contributed by atoms with Gasteiger partial charge in [0.15, 0.2) is 0 Å². The van der Waals surface area contributed by atoms with Gasteiger partial charge in [0.1, 0.15) is 20.2 Å². The number of unbranched alkanes of at least 4 members (excludes halogenated alkanes) is 18. The first kappa shape index (κ1) is 48.9. The van der Waals surface area contributed by atoms with Crippen LogP contribution in [-0.2, 0) is 20.2 Å². The van der Waals surface area contributed by atoms with Crippen molar-refractivity contribution in [1.29, 1.82) is 0 Å². The molecule has 2 aromatic carbocycles. The predicted octanol–water partition coefficient (Wildman–Crippen LogP) is 10.7. The summed E-state index contributed by atoms with van der Waals surface area (Å²) >= 11 is 0. The summed E-state index contributed by atoms with van der Waals surface area (Å²) in [5, 5.41) is 0. The fourth-order valence-electron chi connectivity index (χ4n) is 4.30. The number of hydrogen-bond donors (Lipinski definition) is 0. The van der Waals surface area contributed by atoms with Gasteiger partial charge in [0, 0.05) is 0 Å². The van der Waals surface area contributed by atoms with Crippen LogP contribution < -0.4 is 0 Å². The Bertz CT molecular complexity index is 956. The molecule has 2 aromatic rings. The molecule has 0 spiro atoms. The maximum absolute atomic E-state index is 10.3. The Kier molecular flexibility index (Phi) is 37.9. The number of benzene rings is 2. The van der Waals surface area contributed by atoms with Crippen molar-refractivity contribution >= 4 is 58.0 Å². The molecular weight excluding hydrogens is 633 g/mol. The average Bonchev–Trinajstić information content (AvgIpc) is 3.01. The molecule has 45 heavy (non-hydrogen) atoms. The minimum atomic E-state index is -4.25. The molecule has 0 bridgehead atoms. The maximum Gasteiger partial charge on any atom is 2.00 e. The van der Waals surface area contributed by atoms with Gasteiger partial charge >= 0.3 is 37.7 Å². The summed E-state index contributed by atoms with van der Waals surface area (Å²) in [5.41, 5.74) is 0. The zero-order chi connectivity index (χ0) is 33.4. The van der Waals surface area contributed by atoms with Crippen LogP contribution in [0.3, 0.4) is 0 Å². The zero-order valence-electron chi connectivity index (χ0n) is 28.9. The monoisotopic (exact) mass is 694 g/mol. The van der Waals surface area contributed by atoms with Crippen LogP contribution in [0.15, 0.2) is 70.5 Å². The molecule has 0 aliphatic heterocycles. The van der Waals surface area contributed by atoms with Crippen LogP contribution in [-0.4, -0.2) is 63.7 Å². The molecular formula is C36H62CaO6S2. The van der Waals surface area contributed by atoms with Crippen molar-refractivity contribution in [3.05, 3.63) is 60.7 Å². The summed E-state index contributed by atoms with van der Waals surface area (Å²) in [5.74, 6) is 0. The molecule has 0 fully saturated rings. The largest absolute Gasteiger partial charge is 2.00 e. The van der Waals surface area contributed by atoms with Crippen molar-refractivity contribution in [1.82, 2.24) is 0 Å². The summed E-state index contributed by atoms with van der Waals surface area (Å²) in [7, 11) is -8.51. The molecule has 0 unspecified atom stereocenters. The summed E-state index contributed by atoms with van der Waals surface area (Å²) in [6.07, 6.45) is 28.9. The van der Waals surface area contributed by atoms with E-state index in [1.807, 2.05) is 0 Å². The third-order valence-corrected chi connectivity index (χ3v) is 8.68. The van der Waals surface area contributed by atoms with Gasteiger partial charge in [0.25, 0.3) is 0 Å². The summed E-state index contributed by atoms with van der Waals surface area (Å²) in [6.45, 7) is 9.12. The van der Waals surface area contributed by atoms with Crippen LogP contribution in [0.4, 0.5) is 0 Å². The number of rotatable bonds is 20. The Balaban J connectivity index is -0.000000520. The SMILES string of the molecule is CCCCCCCCCCCC.CCCCCCCCCCCC.O=S(=O)([O-])c1ccccc1.O=S(=O)([O-])c1ccccc1.[Ca+2]. The first-order valence-corrected chi connectivity index (χ1v) is 19.9. The van der Waals surface area contributed by atoms with E-state index in [2.05, 4.69) is 27.7 Å². The fraction of sp³-hybridized carbons (Fsp3) is 0.667. The molecule has 0 radical (unpaired) electrons. The molecule has 0 N–H and O–H groups in total. The van der Waals surface area contributed by atoms with Crippen LogP contribution >= 0.6 is 0 Å². The molecule has 0 aliphatic carbocycles. The van der Waals surface area contributed by atoms with Crippen LogP contribution in [0.5, 0.6) is 0 Å². The van der Waals surface area contributed by atoms with Crippen molar-refractivity contribution in [3.63, 3.8) is 0 Å². The van der Waals surface area contributed by atoms with E-state index in [1.54, 1.807) is 12.1 Å². The van der Waals surface area contributed by atoms with Crippen LogP contribution in [0.1, 0.15) is 156 Å². The molecule has 6 nitrogen and oxygen atoms in total. The molecule has 9 heteroatoms. The Hall–Kier alpha value is -0.480. The predicted molar refractivity (Wildman–Crippen MR) is 190 cm³/mol. The first-order valence-electron chi connectivity index (χ1n) is 17.1. The smallest absolute Gasteiger partial charge is 0.744 e. The average molecular weight is 695 g/mol. The molecule has 0 saturated heterocycles. The van der Waals surface area contributed by atoms with Crippen LogP contribution in [0, 0.1) is 0 Å². The van der Waals surface area contributed by atoms with E-state index in [9.17, 15) is 25.9 Å². The first-order chi connectivity index (χ1) is 21.0.